The van der Waals surface area contributed by atoms with Crippen LogP contribution in [0.3, 0.4) is 0 Å². The maximum atomic E-state index is 10.2. The van der Waals surface area contributed by atoms with Crippen LogP contribution in [0.15, 0.2) is 11.6 Å². The van der Waals surface area contributed by atoms with Gasteiger partial charge in [0.1, 0.15) is 30.5 Å². The molecule has 0 spiro atoms. The second kappa shape index (κ2) is 7.51. The molecular weight excluding hydrogens is 310 g/mol. The molecule has 23 heavy (non-hydrogen) atoms. The molecule has 1 aliphatic heterocycles. The number of hydrogen-bond acceptors (Lipinski definition) is 9. The molecule has 0 aromatic carbocycles. The predicted octanol–water partition coefficient (Wildman–Crippen LogP) is -3.56. The van der Waals surface area contributed by atoms with Gasteiger partial charge < -0.3 is 45.4 Å². The fourth-order valence-electron chi connectivity index (χ4n) is 3.02. The molecule has 0 saturated carbocycles. The molecule has 2 aliphatic rings. The van der Waals surface area contributed by atoms with Crippen molar-refractivity contribution >= 4 is 0 Å². The molecule has 0 unspecified atom stereocenters. The second-order valence-electron chi connectivity index (χ2n) is 5.97. The molecular formula is C14H25NO8. The van der Waals surface area contributed by atoms with Gasteiger partial charge >= 0.3 is 0 Å². The SMILES string of the molecule is CO[C@@H]1O[C@H](C)[C@@H](N[C@H]2C=C(CO)[C@@H](O)[C@H](O)[C@H]2O)[C@H](O)[C@H]1O. The molecule has 2 rings (SSSR count). The normalized spacial score (nSPS) is 48.2. The summed E-state index contributed by atoms with van der Waals surface area (Å²) >= 11 is 0. The first-order valence-corrected chi connectivity index (χ1v) is 7.47. The van der Waals surface area contributed by atoms with Crippen molar-refractivity contribution in [3.8, 4) is 0 Å². The Balaban J connectivity index is 2.15. The van der Waals surface area contributed by atoms with Gasteiger partial charge in [-0.2, -0.15) is 0 Å². The Morgan fingerprint density at radius 1 is 1.09 bits per heavy atom. The lowest BCUT2D eigenvalue weighted by molar-refractivity contribution is -0.265. The Labute approximate surface area is 133 Å². The van der Waals surface area contributed by atoms with Crippen LogP contribution in [0.2, 0.25) is 0 Å². The van der Waals surface area contributed by atoms with Crippen molar-refractivity contribution in [2.24, 2.45) is 0 Å². The highest BCUT2D eigenvalue weighted by Gasteiger charge is 2.45. The van der Waals surface area contributed by atoms with E-state index in [1.54, 1.807) is 6.92 Å². The third-order valence-corrected chi connectivity index (χ3v) is 4.47. The Kier molecular flexibility index (Phi) is 6.11. The summed E-state index contributed by atoms with van der Waals surface area (Å²) < 4.78 is 10.4. The Morgan fingerprint density at radius 3 is 2.30 bits per heavy atom. The Hall–Kier alpha value is -0.620. The van der Waals surface area contributed by atoms with Crippen LogP contribution in [0.5, 0.6) is 0 Å². The summed E-state index contributed by atoms with van der Waals surface area (Å²) in [6.07, 6.45) is -6.83. The van der Waals surface area contributed by atoms with E-state index in [1.165, 1.54) is 13.2 Å². The van der Waals surface area contributed by atoms with E-state index in [9.17, 15) is 30.6 Å². The van der Waals surface area contributed by atoms with Gasteiger partial charge in [-0.1, -0.05) is 6.08 Å². The monoisotopic (exact) mass is 335 g/mol. The molecule has 0 amide bonds. The van der Waals surface area contributed by atoms with Gasteiger partial charge in [0, 0.05) is 7.11 Å². The average molecular weight is 335 g/mol. The molecule has 134 valence electrons. The molecule has 1 saturated heterocycles. The zero-order valence-corrected chi connectivity index (χ0v) is 13.0. The van der Waals surface area contributed by atoms with Crippen LogP contribution in [0.4, 0.5) is 0 Å². The van der Waals surface area contributed by atoms with Crippen LogP contribution < -0.4 is 5.32 Å². The second-order valence-corrected chi connectivity index (χ2v) is 5.97. The van der Waals surface area contributed by atoms with Crippen LogP contribution in [0.1, 0.15) is 6.92 Å². The summed E-state index contributed by atoms with van der Waals surface area (Å²) in [4.78, 5) is 0. The Bertz CT molecular complexity index is 433. The van der Waals surface area contributed by atoms with Gasteiger partial charge in [0.05, 0.1) is 24.8 Å². The molecule has 9 atom stereocenters. The number of hydrogen-bond donors (Lipinski definition) is 7. The van der Waals surface area contributed by atoms with Crippen LogP contribution in [-0.4, -0.2) is 99.4 Å². The fourth-order valence-corrected chi connectivity index (χ4v) is 3.02. The molecule has 1 heterocycles. The molecule has 0 bridgehead atoms. The van der Waals surface area contributed by atoms with E-state index in [1.807, 2.05) is 0 Å². The van der Waals surface area contributed by atoms with Crippen molar-refractivity contribution in [3.63, 3.8) is 0 Å². The van der Waals surface area contributed by atoms with Crippen LogP contribution in [-0.2, 0) is 9.47 Å². The smallest absolute Gasteiger partial charge is 0.186 e. The summed E-state index contributed by atoms with van der Waals surface area (Å²) in [6.45, 7) is 1.19. The van der Waals surface area contributed by atoms with Gasteiger partial charge in [-0.05, 0) is 12.5 Å². The van der Waals surface area contributed by atoms with E-state index >= 15 is 0 Å². The first-order valence-electron chi connectivity index (χ1n) is 7.47. The largest absolute Gasteiger partial charge is 0.392 e. The van der Waals surface area contributed by atoms with Gasteiger partial charge in [-0.3, -0.25) is 0 Å². The lowest BCUT2D eigenvalue weighted by Crippen LogP contribution is -2.66. The molecule has 0 aromatic rings. The Morgan fingerprint density at radius 2 is 1.74 bits per heavy atom. The minimum Gasteiger partial charge on any atom is -0.392 e. The third-order valence-electron chi connectivity index (χ3n) is 4.47. The molecule has 1 fully saturated rings. The number of ether oxygens (including phenoxy) is 2. The third kappa shape index (κ3) is 3.58. The first kappa shape index (κ1) is 18.7. The van der Waals surface area contributed by atoms with Crippen molar-refractivity contribution < 1.29 is 40.1 Å². The summed E-state index contributed by atoms with van der Waals surface area (Å²) in [7, 11) is 1.35. The van der Waals surface area contributed by atoms with Gasteiger partial charge in [0.25, 0.3) is 0 Å². The fraction of sp³-hybridized carbons (Fsp3) is 0.857. The van der Waals surface area contributed by atoms with Crippen molar-refractivity contribution in [2.75, 3.05) is 13.7 Å². The van der Waals surface area contributed by atoms with Gasteiger partial charge in [0.15, 0.2) is 6.29 Å². The van der Waals surface area contributed by atoms with Crippen molar-refractivity contribution in [3.05, 3.63) is 11.6 Å². The predicted molar refractivity (Wildman–Crippen MR) is 77.3 cm³/mol. The van der Waals surface area contributed by atoms with E-state index in [0.29, 0.717) is 0 Å². The minimum atomic E-state index is -1.48. The van der Waals surface area contributed by atoms with Crippen LogP contribution >= 0.6 is 0 Å². The van der Waals surface area contributed by atoms with Crippen LogP contribution in [0, 0.1) is 0 Å². The summed E-state index contributed by atoms with van der Waals surface area (Å²) in [5, 5.41) is 62.0. The van der Waals surface area contributed by atoms with E-state index in [4.69, 9.17) is 9.47 Å². The van der Waals surface area contributed by atoms with Gasteiger partial charge in [-0.15, -0.1) is 0 Å². The highest BCUT2D eigenvalue weighted by Crippen LogP contribution is 2.25. The highest BCUT2D eigenvalue weighted by atomic mass is 16.7. The van der Waals surface area contributed by atoms with Crippen LogP contribution in [0.25, 0.3) is 0 Å². The number of methoxy groups -OCH3 is 1. The molecule has 0 radical (unpaired) electrons. The minimum absolute atomic E-state index is 0.162. The topological polar surface area (TPSA) is 152 Å². The lowest BCUT2D eigenvalue weighted by atomic mass is 9.86. The standard InChI is InChI=1S/C14H25NO8/c1-5-8(11(19)13(21)14(22-2)23-5)15-7-3-6(4-16)9(17)12(20)10(7)18/h3,5,7-21H,4H2,1-2H3/t5-,7+,8-,9-,10+,11+,12+,13-,14-/m1/s1. The number of aliphatic hydroxyl groups is 6. The maximum absolute atomic E-state index is 10.2. The zero-order chi connectivity index (χ0) is 17.3. The number of aliphatic hydroxyl groups excluding tert-OH is 6. The van der Waals surface area contributed by atoms with Gasteiger partial charge in [0.2, 0.25) is 0 Å². The average Bonchev–Trinajstić information content (AvgIpc) is 2.54. The molecule has 7 N–H and O–H groups in total. The molecule has 9 heteroatoms. The quantitative estimate of drug-likeness (QED) is 0.259. The summed E-state index contributed by atoms with van der Waals surface area (Å²) in [5.41, 5.74) is 0.162. The first-order chi connectivity index (χ1) is 10.8. The van der Waals surface area contributed by atoms with E-state index in [2.05, 4.69) is 5.32 Å². The summed E-state index contributed by atoms with van der Waals surface area (Å²) in [5.74, 6) is 0. The highest BCUT2D eigenvalue weighted by molar-refractivity contribution is 5.22. The lowest BCUT2D eigenvalue weighted by Gasteiger charge is -2.44. The molecule has 9 nitrogen and oxygen atoms in total. The maximum Gasteiger partial charge on any atom is 0.186 e. The van der Waals surface area contributed by atoms with Crippen molar-refractivity contribution in [2.45, 2.75) is 61.9 Å². The van der Waals surface area contributed by atoms with Crippen molar-refractivity contribution in [1.29, 1.82) is 0 Å². The number of nitrogens with one attached hydrogen (secondary N) is 1. The molecule has 1 aliphatic carbocycles. The molecule has 0 aromatic heterocycles. The van der Waals surface area contributed by atoms with E-state index in [-0.39, 0.29) is 5.57 Å². The number of rotatable bonds is 4. The van der Waals surface area contributed by atoms with Gasteiger partial charge in [-0.25, -0.2) is 0 Å². The van der Waals surface area contributed by atoms with E-state index in [0.717, 1.165) is 0 Å². The summed E-state index contributed by atoms with van der Waals surface area (Å²) in [6, 6.07) is -1.60. The van der Waals surface area contributed by atoms with Crippen molar-refractivity contribution in [1.82, 2.24) is 5.32 Å². The zero-order valence-electron chi connectivity index (χ0n) is 13.0. The van der Waals surface area contributed by atoms with E-state index < -0.39 is 61.6 Å².